The van der Waals surface area contributed by atoms with Gasteiger partial charge in [-0.25, -0.2) is 14.4 Å². The van der Waals surface area contributed by atoms with Crippen molar-refractivity contribution in [2.24, 2.45) is 0 Å². The van der Waals surface area contributed by atoms with Gasteiger partial charge >= 0.3 is 0 Å². The molecule has 160 valence electrons. The molecule has 2 aromatic carbocycles. The van der Waals surface area contributed by atoms with Crippen molar-refractivity contribution >= 4 is 17.3 Å². The molecule has 0 aliphatic carbocycles. The van der Waals surface area contributed by atoms with E-state index in [1.54, 1.807) is 12.4 Å². The number of aromatic nitrogens is 2. The molecule has 5 rings (SSSR count). The lowest BCUT2D eigenvalue weighted by molar-refractivity contribution is 0.0903. The summed E-state index contributed by atoms with van der Waals surface area (Å²) in [6.07, 6.45) is 3.48. The number of ether oxygens (including phenoxy) is 1. The second-order valence-corrected chi connectivity index (χ2v) is 8.52. The molecular weight excluding hydrogens is 391 g/mol. The smallest absolute Gasteiger partial charge is 0.142 e. The molecule has 1 saturated heterocycles. The summed E-state index contributed by atoms with van der Waals surface area (Å²) in [5, 5.41) is 3.61. The quantitative estimate of drug-likeness (QED) is 0.638. The van der Waals surface area contributed by atoms with Crippen LogP contribution in [-0.2, 0) is 4.74 Å². The van der Waals surface area contributed by atoms with Crippen molar-refractivity contribution in [1.82, 2.24) is 9.97 Å². The summed E-state index contributed by atoms with van der Waals surface area (Å²) in [4.78, 5) is 11.4. The number of fused-ring (bicyclic) bond motifs is 1. The number of hydrogen-bond acceptors (Lipinski definition) is 5. The van der Waals surface area contributed by atoms with E-state index < -0.39 is 0 Å². The minimum Gasteiger partial charge on any atom is -0.381 e. The van der Waals surface area contributed by atoms with Gasteiger partial charge < -0.3 is 15.0 Å². The van der Waals surface area contributed by atoms with E-state index in [0.29, 0.717) is 18.2 Å². The Morgan fingerprint density at radius 2 is 1.84 bits per heavy atom. The third-order valence-electron chi connectivity index (χ3n) is 6.24. The number of halogens is 1. The highest BCUT2D eigenvalue weighted by atomic mass is 19.1. The van der Waals surface area contributed by atoms with Crippen molar-refractivity contribution in [3.05, 3.63) is 76.9 Å². The number of nitrogens with one attached hydrogen (secondary N) is 1. The minimum absolute atomic E-state index is 0.153. The molecule has 0 amide bonds. The molecule has 1 aromatic heterocycles. The fourth-order valence-electron chi connectivity index (χ4n) is 4.63. The van der Waals surface area contributed by atoms with Crippen molar-refractivity contribution in [2.75, 3.05) is 30.0 Å². The summed E-state index contributed by atoms with van der Waals surface area (Å²) in [5.74, 6) is 1.32. The van der Waals surface area contributed by atoms with Gasteiger partial charge in [0.15, 0.2) is 0 Å². The Labute approximate surface area is 182 Å². The van der Waals surface area contributed by atoms with E-state index in [2.05, 4.69) is 45.3 Å². The molecule has 6 heteroatoms. The lowest BCUT2D eigenvalue weighted by Gasteiger charge is -2.25. The first-order chi connectivity index (χ1) is 15.1. The zero-order chi connectivity index (χ0) is 21.4. The van der Waals surface area contributed by atoms with Crippen LogP contribution in [0.4, 0.5) is 21.7 Å². The highest BCUT2D eigenvalue weighted by Crippen LogP contribution is 2.46. The summed E-state index contributed by atoms with van der Waals surface area (Å²) >= 11 is 0. The van der Waals surface area contributed by atoms with E-state index in [1.807, 2.05) is 25.1 Å². The Kier molecular flexibility index (Phi) is 5.32. The average Bonchev–Trinajstić information content (AvgIpc) is 3.15. The van der Waals surface area contributed by atoms with E-state index >= 15 is 4.39 Å². The van der Waals surface area contributed by atoms with Crippen molar-refractivity contribution in [3.63, 3.8) is 0 Å². The number of aryl methyl sites for hydroxylation is 2. The highest BCUT2D eigenvalue weighted by molar-refractivity contribution is 5.74. The van der Waals surface area contributed by atoms with Gasteiger partial charge in [-0.15, -0.1) is 0 Å². The standard InChI is InChI=1S/C25H27FN4O/c1-16-4-3-5-19(12-16)30-14-21(20-7-6-17(2)13-22(20)26)23-24(27-15-28-25(23)30)29-18-8-10-31-11-9-18/h3-7,12-13,15,18,21H,8-11,14H2,1-2H3,(H,27,28,29). The van der Waals surface area contributed by atoms with Crippen molar-refractivity contribution in [2.45, 2.75) is 38.6 Å². The Morgan fingerprint density at radius 1 is 1.03 bits per heavy atom. The van der Waals surface area contributed by atoms with Gasteiger partial charge in [0.25, 0.3) is 0 Å². The maximum Gasteiger partial charge on any atom is 0.142 e. The predicted octanol–water partition coefficient (Wildman–Crippen LogP) is 5.11. The summed E-state index contributed by atoms with van der Waals surface area (Å²) in [7, 11) is 0. The maximum absolute atomic E-state index is 15.1. The molecule has 1 N–H and O–H groups in total. The molecule has 0 radical (unpaired) electrons. The lowest BCUT2D eigenvalue weighted by Crippen LogP contribution is -2.29. The number of anilines is 3. The van der Waals surface area contributed by atoms with Crippen LogP contribution < -0.4 is 10.2 Å². The van der Waals surface area contributed by atoms with E-state index in [4.69, 9.17) is 4.74 Å². The van der Waals surface area contributed by atoms with Crippen molar-refractivity contribution < 1.29 is 9.13 Å². The van der Waals surface area contributed by atoms with Gasteiger partial charge in [0.1, 0.15) is 23.8 Å². The van der Waals surface area contributed by atoms with Gasteiger partial charge in [-0.05, 0) is 61.6 Å². The third kappa shape index (κ3) is 3.88. The maximum atomic E-state index is 15.1. The van der Waals surface area contributed by atoms with Crippen LogP contribution in [0.25, 0.3) is 0 Å². The lowest BCUT2D eigenvalue weighted by atomic mass is 9.92. The molecule has 2 aliphatic rings. The Bertz CT molecular complexity index is 1100. The Balaban J connectivity index is 1.61. The van der Waals surface area contributed by atoms with Crippen LogP contribution in [0.15, 0.2) is 48.8 Å². The molecule has 1 unspecified atom stereocenters. The van der Waals surface area contributed by atoms with Gasteiger partial charge in [-0.3, -0.25) is 0 Å². The van der Waals surface area contributed by atoms with Crippen LogP contribution in [0, 0.1) is 19.7 Å². The Morgan fingerprint density at radius 3 is 2.61 bits per heavy atom. The summed E-state index contributed by atoms with van der Waals surface area (Å²) in [6.45, 7) is 6.11. The monoisotopic (exact) mass is 418 g/mol. The van der Waals surface area contributed by atoms with Gasteiger partial charge in [0.2, 0.25) is 0 Å². The number of hydrogen-bond donors (Lipinski definition) is 1. The molecule has 5 nitrogen and oxygen atoms in total. The van der Waals surface area contributed by atoms with Crippen LogP contribution in [-0.4, -0.2) is 35.8 Å². The molecule has 0 bridgehead atoms. The van der Waals surface area contributed by atoms with Gasteiger partial charge in [0.05, 0.1) is 0 Å². The molecule has 2 aliphatic heterocycles. The van der Waals surface area contributed by atoms with E-state index in [0.717, 1.165) is 54.5 Å². The SMILES string of the molecule is Cc1cccc(N2CC(c3ccc(C)cc3F)c3c(NC4CCOCC4)ncnc32)c1. The summed E-state index contributed by atoms with van der Waals surface area (Å²) in [6, 6.07) is 14.1. The van der Waals surface area contributed by atoms with Crippen LogP contribution in [0.3, 0.4) is 0 Å². The van der Waals surface area contributed by atoms with E-state index in [-0.39, 0.29) is 11.7 Å². The first kappa shape index (κ1) is 19.9. The van der Waals surface area contributed by atoms with Crippen LogP contribution in [0.1, 0.15) is 41.0 Å². The summed E-state index contributed by atoms with van der Waals surface area (Å²) in [5.41, 5.74) is 4.82. The topological polar surface area (TPSA) is 50.3 Å². The highest BCUT2D eigenvalue weighted by Gasteiger charge is 2.37. The van der Waals surface area contributed by atoms with Crippen LogP contribution >= 0.6 is 0 Å². The third-order valence-corrected chi connectivity index (χ3v) is 6.24. The second-order valence-electron chi connectivity index (χ2n) is 8.52. The zero-order valence-electron chi connectivity index (χ0n) is 17.9. The number of benzene rings is 2. The molecule has 1 atom stereocenters. The number of rotatable bonds is 4. The first-order valence-corrected chi connectivity index (χ1v) is 10.9. The molecule has 1 fully saturated rings. The van der Waals surface area contributed by atoms with Crippen molar-refractivity contribution in [1.29, 1.82) is 0 Å². The zero-order valence-corrected chi connectivity index (χ0v) is 17.9. The summed E-state index contributed by atoms with van der Waals surface area (Å²) < 4.78 is 20.6. The molecule has 31 heavy (non-hydrogen) atoms. The average molecular weight is 419 g/mol. The van der Waals surface area contributed by atoms with E-state index in [9.17, 15) is 0 Å². The van der Waals surface area contributed by atoms with E-state index in [1.165, 1.54) is 5.56 Å². The molecule has 3 aromatic rings. The predicted molar refractivity (Wildman–Crippen MR) is 121 cm³/mol. The fraction of sp³-hybridized carbons (Fsp3) is 0.360. The normalized spacial score (nSPS) is 18.8. The van der Waals surface area contributed by atoms with Gasteiger partial charge in [-0.2, -0.15) is 0 Å². The Hall–Kier alpha value is -2.99. The minimum atomic E-state index is -0.178. The van der Waals surface area contributed by atoms with Crippen molar-refractivity contribution in [3.8, 4) is 0 Å². The van der Waals surface area contributed by atoms with Gasteiger partial charge in [-0.1, -0.05) is 24.3 Å². The largest absolute Gasteiger partial charge is 0.381 e. The molecular formula is C25H27FN4O. The molecule has 3 heterocycles. The molecule has 0 spiro atoms. The fourth-order valence-corrected chi connectivity index (χ4v) is 4.63. The second kappa shape index (κ2) is 8.27. The van der Waals surface area contributed by atoms with Crippen LogP contribution in [0.2, 0.25) is 0 Å². The van der Waals surface area contributed by atoms with Gasteiger partial charge in [0, 0.05) is 43.0 Å². The van der Waals surface area contributed by atoms with Crippen LogP contribution in [0.5, 0.6) is 0 Å². The molecule has 0 saturated carbocycles. The first-order valence-electron chi connectivity index (χ1n) is 10.9. The number of nitrogens with zero attached hydrogens (tertiary/aromatic N) is 3.